The molecule has 0 spiro atoms. The summed E-state index contributed by atoms with van der Waals surface area (Å²) < 4.78 is 5.56. The summed E-state index contributed by atoms with van der Waals surface area (Å²) in [6, 6.07) is 12.9. The topological polar surface area (TPSA) is 80.4 Å². The van der Waals surface area contributed by atoms with Crippen LogP contribution in [0.3, 0.4) is 0 Å². The van der Waals surface area contributed by atoms with E-state index in [0.717, 1.165) is 0 Å². The first-order valence-electron chi connectivity index (χ1n) is 5.89. The monoisotopic (exact) mass is 267 g/mol. The van der Waals surface area contributed by atoms with Crippen molar-refractivity contribution in [1.29, 1.82) is 0 Å². The minimum Gasteiger partial charge on any atom is -0.478 e. The van der Waals surface area contributed by atoms with Gasteiger partial charge >= 0.3 is 5.97 Å². The lowest BCUT2D eigenvalue weighted by atomic mass is 10.1. The third-order valence-corrected chi connectivity index (χ3v) is 2.88. The molecule has 0 bridgehead atoms. The van der Waals surface area contributed by atoms with Crippen molar-refractivity contribution < 1.29 is 14.3 Å². The van der Waals surface area contributed by atoms with Gasteiger partial charge in [0.2, 0.25) is 5.89 Å². The number of aromatic carboxylic acids is 1. The summed E-state index contributed by atoms with van der Waals surface area (Å²) in [6.07, 6.45) is 0. The van der Waals surface area contributed by atoms with E-state index in [1.165, 1.54) is 12.1 Å². The van der Waals surface area contributed by atoms with E-state index in [0.29, 0.717) is 16.5 Å². The van der Waals surface area contributed by atoms with Gasteiger partial charge in [-0.3, -0.25) is 4.79 Å². The lowest BCUT2D eigenvalue weighted by molar-refractivity contribution is 0.0697. The number of rotatable bonds is 2. The lowest BCUT2D eigenvalue weighted by Gasteiger charge is -2.02. The molecule has 0 aliphatic carbocycles. The molecule has 1 heterocycles. The van der Waals surface area contributed by atoms with Crippen LogP contribution in [-0.2, 0) is 0 Å². The molecule has 3 aromatic rings. The molecule has 3 rings (SSSR count). The van der Waals surface area contributed by atoms with Crippen molar-refractivity contribution in [2.24, 2.45) is 0 Å². The summed E-state index contributed by atoms with van der Waals surface area (Å²) >= 11 is 0. The van der Waals surface area contributed by atoms with Gasteiger partial charge in [-0.2, -0.15) is 4.98 Å². The fourth-order valence-electron chi connectivity index (χ4n) is 1.92. The van der Waals surface area contributed by atoms with Crippen LogP contribution < -0.4 is 5.56 Å². The quantitative estimate of drug-likeness (QED) is 0.771. The molecule has 0 amide bonds. The zero-order valence-corrected chi connectivity index (χ0v) is 10.2. The van der Waals surface area contributed by atoms with Crippen LogP contribution in [0.4, 0.5) is 0 Å². The Morgan fingerprint density at radius 2 is 1.90 bits per heavy atom. The zero-order chi connectivity index (χ0) is 14.1. The average Bonchev–Trinajstić information content (AvgIpc) is 2.47. The van der Waals surface area contributed by atoms with Gasteiger partial charge in [0.1, 0.15) is 5.58 Å². The number of fused-ring (bicyclic) bond motifs is 1. The van der Waals surface area contributed by atoms with Gasteiger partial charge < -0.3 is 9.52 Å². The number of benzene rings is 2. The third kappa shape index (κ3) is 2.05. The Morgan fingerprint density at radius 1 is 1.10 bits per heavy atom. The molecule has 20 heavy (non-hydrogen) atoms. The molecule has 0 unspecified atom stereocenters. The molecule has 1 aromatic heterocycles. The fourth-order valence-corrected chi connectivity index (χ4v) is 1.92. The molecular weight excluding hydrogens is 258 g/mol. The second kappa shape index (κ2) is 4.62. The molecule has 2 aromatic carbocycles. The van der Waals surface area contributed by atoms with E-state index in [1.54, 1.807) is 36.4 Å². The maximum atomic E-state index is 11.9. The predicted molar refractivity (Wildman–Crippen MR) is 72.7 cm³/mol. The van der Waals surface area contributed by atoms with Gasteiger partial charge in [-0.05, 0) is 30.3 Å². The van der Waals surface area contributed by atoms with Crippen LogP contribution in [0, 0.1) is 0 Å². The largest absolute Gasteiger partial charge is 0.478 e. The number of para-hydroxylation sites is 1. The van der Waals surface area contributed by atoms with E-state index < -0.39 is 11.5 Å². The maximum Gasteiger partial charge on any atom is 0.335 e. The summed E-state index contributed by atoms with van der Waals surface area (Å²) in [6.45, 7) is 0. The van der Waals surface area contributed by atoms with Gasteiger partial charge in [-0.1, -0.05) is 18.2 Å². The van der Waals surface area contributed by atoms with E-state index in [1.807, 2.05) is 0 Å². The molecule has 0 saturated heterocycles. The van der Waals surface area contributed by atoms with Gasteiger partial charge in [-0.15, -0.1) is 0 Å². The normalized spacial score (nSPS) is 10.6. The van der Waals surface area contributed by atoms with Gasteiger partial charge in [0.25, 0.3) is 5.56 Å². The molecule has 98 valence electrons. The molecule has 0 saturated carbocycles. The van der Waals surface area contributed by atoms with E-state index in [2.05, 4.69) is 4.98 Å². The number of carbonyl (C=O) groups is 1. The van der Waals surface area contributed by atoms with Crippen LogP contribution in [0.5, 0.6) is 0 Å². The van der Waals surface area contributed by atoms with Crippen molar-refractivity contribution in [2.75, 3.05) is 0 Å². The molecule has 0 radical (unpaired) electrons. The summed E-state index contributed by atoms with van der Waals surface area (Å²) in [4.78, 5) is 26.7. The number of carboxylic acids is 1. The highest BCUT2D eigenvalue weighted by molar-refractivity contribution is 5.89. The third-order valence-electron chi connectivity index (χ3n) is 2.88. The highest BCUT2D eigenvalue weighted by atomic mass is 16.4. The standard InChI is InChI=1S/C15H9NO4/c17-13-11-6-1-2-7-12(11)20-14(16-13)9-4-3-5-10(8-9)15(18)19/h1-8H,(H,18,19). The smallest absolute Gasteiger partial charge is 0.335 e. The Kier molecular flexibility index (Phi) is 2.80. The van der Waals surface area contributed by atoms with E-state index in [4.69, 9.17) is 9.52 Å². The Hall–Kier alpha value is -2.95. The summed E-state index contributed by atoms with van der Waals surface area (Å²) in [5.41, 5.74) is 0.582. The molecule has 0 aliphatic heterocycles. The van der Waals surface area contributed by atoms with Crippen LogP contribution in [0.15, 0.2) is 57.7 Å². The molecule has 5 heteroatoms. The van der Waals surface area contributed by atoms with Crippen molar-refractivity contribution in [3.8, 4) is 11.5 Å². The van der Waals surface area contributed by atoms with Crippen molar-refractivity contribution in [1.82, 2.24) is 4.98 Å². The number of aromatic nitrogens is 1. The second-order valence-corrected chi connectivity index (χ2v) is 4.21. The maximum absolute atomic E-state index is 11.9. The molecule has 1 N–H and O–H groups in total. The molecule has 5 nitrogen and oxygen atoms in total. The van der Waals surface area contributed by atoms with Crippen molar-refractivity contribution in [2.45, 2.75) is 0 Å². The predicted octanol–water partition coefficient (Wildman–Crippen LogP) is 2.55. The fraction of sp³-hybridized carbons (Fsp3) is 0. The Morgan fingerprint density at radius 3 is 2.70 bits per heavy atom. The van der Waals surface area contributed by atoms with E-state index >= 15 is 0 Å². The Labute approximate surface area is 113 Å². The molecule has 0 aliphatic rings. The van der Waals surface area contributed by atoms with Crippen LogP contribution in [0.1, 0.15) is 10.4 Å². The zero-order valence-electron chi connectivity index (χ0n) is 10.2. The number of hydrogen-bond donors (Lipinski definition) is 1. The average molecular weight is 267 g/mol. The summed E-state index contributed by atoms with van der Waals surface area (Å²) in [5, 5.41) is 9.36. The van der Waals surface area contributed by atoms with Crippen molar-refractivity contribution in [3.05, 3.63) is 64.4 Å². The Bertz CT molecular complexity index is 867. The molecular formula is C15H9NO4. The van der Waals surface area contributed by atoms with Crippen molar-refractivity contribution >= 4 is 16.9 Å². The highest BCUT2D eigenvalue weighted by Gasteiger charge is 2.10. The SMILES string of the molecule is O=C(O)c1cccc(-c2nc(=O)c3ccccc3o2)c1. The van der Waals surface area contributed by atoms with Gasteiger partial charge in [-0.25, -0.2) is 4.79 Å². The van der Waals surface area contributed by atoms with Crippen LogP contribution in [0.25, 0.3) is 22.4 Å². The minimum atomic E-state index is -1.05. The number of hydrogen-bond acceptors (Lipinski definition) is 4. The van der Waals surface area contributed by atoms with Gasteiger partial charge in [0.15, 0.2) is 0 Å². The first kappa shape index (κ1) is 12.1. The van der Waals surface area contributed by atoms with Crippen molar-refractivity contribution in [3.63, 3.8) is 0 Å². The number of carboxylic acid groups (broad SMARTS) is 1. The molecule has 0 atom stereocenters. The van der Waals surface area contributed by atoms with E-state index in [-0.39, 0.29) is 11.5 Å². The minimum absolute atomic E-state index is 0.108. The van der Waals surface area contributed by atoms with Gasteiger partial charge in [0.05, 0.1) is 10.9 Å². The van der Waals surface area contributed by atoms with Crippen LogP contribution in [0.2, 0.25) is 0 Å². The summed E-state index contributed by atoms with van der Waals surface area (Å²) in [7, 11) is 0. The van der Waals surface area contributed by atoms with Gasteiger partial charge in [0, 0.05) is 5.56 Å². The van der Waals surface area contributed by atoms with E-state index in [9.17, 15) is 9.59 Å². The Balaban J connectivity index is 2.22. The lowest BCUT2D eigenvalue weighted by Crippen LogP contribution is -2.07. The van der Waals surface area contributed by atoms with Crippen LogP contribution >= 0.6 is 0 Å². The first-order chi connectivity index (χ1) is 9.65. The highest BCUT2D eigenvalue weighted by Crippen LogP contribution is 2.20. The van der Waals surface area contributed by atoms with Crippen LogP contribution in [-0.4, -0.2) is 16.1 Å². The first-order valence-corrected chi connectivity index (χ1v) is 5.89. The molecule has 0 fully saturated rings. The second-order valence-electron chi connectivity index (χ2n) is 4.21. The number of nitrogens with zero attached hydrogens (tertiary/aromatic N) is 1. The summed E-state index contributed by atoms with van der Waals surface area (Å²) in [5.74, 6) is -0.938.